The molecule has 186 valence electrons. The van der Waals surface area contributed by atoms with E-state index in [2.05, 4.69) is 10.6 Å². The summed E-state index contributed by atoms with van der Waals surface area (Å²) < 4.78 is 0. The summed E-state index contributed by atoms with van der Waals surface area (Å²) >= 11 is 0. The van der Waals surface area contributed by atoms with Gasteiger partial charge in [-0.15, -0.1) is 0 Å². The third-order valence-electron chi connectivity index (χ3n) is 5.43. The molecule has 0 saturated heterocycles. The zero-order chi connectivity index (χ0) is 25.0. The number of carbonyl (C=O) groups is 4. The maximum Gasteiger partial charge on any atom is 0.245 e. The predicted octanol–water partition coefficient (Wildman–Crippen LogP) is 1.15. The lowest BCUT2D eigenvalue weighted by atomic mass is 9.97. The number of amides is 4. The maximum absolute atomic E-state index is 13.4. The van der Waals surface area contributed by atoms with Crippen LogP contribution in [0.25, 0.3) is 0 Å². The Morgan fingerprint density at radius 3 is 1.88 bits per heavy atom. The molecule has 0 aromatic rings. The minimum Gasteiger partial charge on any atom is -0.368 e. The Kier molecular flexibility index (Phi) is 13.8. The first-order valence-corrected chi connectivity index (χ1v) is 11.7. The Balaban J connectivity index is 5.59. The molecule has 0 aromatic carbocycles. The van der Waals surface area contributed by atoms with Gasteiger partial charge in [-0.2, -0.15) is 0 Å². The van der Waals surface area contributed by atoms with E-state index < -0.39 is 29.9 Å². The van der Waals surface area contributed by atoms with E-state index >= 15 is 0 Å². The number of nitrogens with one attached hydrogen (secondary N) is 2. The smallest absolute Gasteiger partial charge is 0.245 e. The molecule has 0 aliphatic rings. The first kappa shape index (κ1) is 29.8. The molecule has 0 bridgehead atoms. The van der Waals surface area contributed by atoms with Crippen LogP contribution in [0.2, 0.25) is 0 Å². The third-order valence-corrected chi connectivity index (χ3v) is 5.43. The zero-order valence-electron chi connectivity index (χ0n) is 20.9. The van der Waals surface area contributed by atoms with Crippen molar-refractivity contribution in [1.29, 1.82) is 0 Å². The van der Waals surface area contributed by atoms with E-state index in [9.17, 15) is 19.2 Å². The first-order valence-electron chi connectivity index (χ1n) is 11.7. The predicted molar refractivity (Wildman–Crippen MR) is 126 cm³/mol. The molecule has 0 saturated carbocycles. The molecule has 0 rings (SSSR count). The summed E-state index contributed by atoms with van der Waals surface area (Å²) in [6.45, 7) is 11.8. The van der Waals surface area contributed by atoms with Gasteiger partial charge in [-0.05, 0) is 57.4 Å². The van der Waals surface area contributed by atoms with E-state index in [1.54, 1.807) is 7.05 Å². The highest BCUT2D eigenvalue weighted by molar-refractivity contribution is 5.94. The van der Waals surface area contributed by atoms with Crippen LogP contribution in [0.1, 0.15) is 73.6 Å². The van der Waals surface area contributed by atoms with Crippen LogP contribution in [0.15, 0.2) is 0 Å². The molecule has 1 unspecified atom stereocenters. The van der Waals surface area contributed by atoms with Crippen LogP contribution in [0, 0.1) is 17.8 Å². The Labute approximate surface area is 193 Å². The van der Waals surface area contributed by atoms with Crippen molar-refractivity contribution >= 4 is 23.6 Å². The highest BCUT2D eigenvalue weighted by Crippen LogP contribution is 2.16. The molecule has 0 aromatic heterocycles. The van der Waals surface area contributed by atoms with Crippen molar-refractivity contribution in [1.82, 2.24) is 15.5 Å². The molecule has 0 aliphatic carbocycles. The summed E-state index contributed by atoms with van der Waals surface area (Å²) in [6.07, 6.45) is 2.98. The van der Waals surface area contributed by atoms with Gasteiger partial charge in [0.05, 0.1) is 0 Å². The lowest BCUT2D eigenvalue weighted by Gasteiger charge is -2.32. The monoisotopic (exact) mass is 455 g/mol. The van der Waals surface area contributed by atoms with E-state index in [-0.39, 0.29) is 23.7 Å². The highest BCUT2D eigenvalue weighted by atomic mass is 16.2. The van der Waals surface area contributed by atoms with Crippen LogP contribution in [0.4, 0.5) is 0 Å². The number of nitrogens with two attached hydrogens (primary N) is 2. The number of unbranched alkanes of at least 4 members (excludes halogenated alkanes) is 1. The molecule has 6 N–H and O–H groups in total. The summed E-state index contributed by atoms with van der Waals surface area (Å²) in [4.78, 5) is 51.7. The Morgan fingerprint density at radius 2 is 1.41 bits per heavy atom. The lowest BCUT2D eigenvalue weighted by Crippen LogP contribution is -2.57. The number of primary amides is 1. The fourth-order valence-corrected chi connectivity index (χ4v) is 3.55. The average molecular weight is 456 g/mol. The molecule has 0 fully saturated rings. The molecule has 0 heterocycles. The molecule has 0 radical (unpaired) electrons. The molecule has 0 spiro atoms. The van der Waals surface area contributed by atoms with Crippen molar-refractivity contribution in [2.24, 2.45) is 29.2 Å². The Hall–Kier alpha value is -2.16. The van der Waals surface area contributed by atoms with Crippen LogP contribution in [0.3, 0.4) is 0 Å². The second-order valence-corrected chi connectivity index (χ2v) is 9.60. The molecule has 32 heavy (non-hydrogen) atoms. The topological polar surface area (TPSA) is 148 Å². The quantitative estimate of drug-likeness (QED) is 0.273. The molecule has 4 amide bonds. The zero-order valence-corrected chi connectivity index (χ0v) is 20.9. The lowest BCUT2D eigenvalue weighted by molar-refractivity contribution is -0.143. The van der Waals surface area contributed by atoms with Crippen LogP contribution in [-0.2, 0) is 19.2 Å². The molecular formula is C23H45N5O4. The van der Waals surface area contributed by atoms with Crippen molar-refractivity contribution in [3.63, 3.8) is 0 Å². The van der Waals surface area contributed by atoms with Gasteiger partial charge in [0, 0.05) is 13.0 Å². The van der Waals surface area contributed by atoms with E-state index in [0.29, 0.717) is 31.7 Å². The van der Waals surface area contributed by atoms with E-state index in [0.717, 1.165) is 12.8 Å². The van der Waals surface area contributed by atoms with E-state index in [1.165, 1.54) is 11.8 Å². The van der Waals surface area contributed by atoms with Gasteiger partial charge in [-0.3, -0.25) is 19.2 Å². The van der Waals surface area contributed by atoms with Crippen LogP contribution < -0.4 is 22.1 Å². The summed E-state index contributed by atoms with van der Waals surface area (Å²) in [5, 5.41) is 5.47. The molecule has 0 aliphatic heterocycles. The third kappa shape index (κ3) is 10.9. The number of hydrogen-bond acceptors (Lipinski definition) is 5. The average Bonchev–Trinajstić information content (AvgIpc) is 2.69. The van der Waals surface area contributed by atoms with Crippen LogP contribution in [-0.4, -0.2) is 60.2 Å². The van der Waals surface area contributed by atoms with Gasteiger partial charge < -0.3 is 27.0 Å². The van der Waals surface area contributed by atoms with Gasteiger partial charge in [0.2, 0.25) is 23.6 Å². The van der Waals surface area contributed by atoms with E-state index in [4.69, 9.17) is 11.5 Å². The van der Waals surface area contributed by atoms with Gasteiger partial charge in [-0.25, -0.2) is 0 Å². The first-order chi connectivity index (χ1) is 14.8. The summed E-state index contributed by atoms with van der Waals surface area (Å²) in [6, 6.07) is -2.38. The summed E-state index contributed by atoms with van der Waals surface area (Å²) in [5.41, 5.74) is 10.9. The standard InChI is InChI=1S/C23H45N5O4/c1-14(2)12-16(5)21(30)27-18(10-8-9-11-24)23(32)28(7)19(13-15(3)4)22(31)26-17(6)20(25)29/h14-19H,8-13,24H2,1-7H3,(H2,25,29)(H,26,31)(H,27,30)/t16-,17-,18?,19-/m0/s1. The number of hydrogen-bond donors (Lipinski definition) is 4. The SMILES string of the molecule is CC(C)C[C@H](C)C(=O)NC(CCCCN)C(=O)N(C)[C@@H](CC(C)C)C(=O)N[C@@H](C)C(N)=O. The van der Waals surface area contributed by atoms with Crippen molar-refractivity contribution in [2.45, 2.75) is 91.8 Å². The number of carbonyl (C=O) groups excluding carboxylic acids is 4. The van der Waals surface area contributed by atoms with Gasteiger partial charge >= 0.3 is 0 Å². The van der Waals surface area contributed by atoms with Gasteiger partial charge in [0.15, 0.2) is 0 Å². The Morgan fingerprint density at radius 1 is 0.844 bits per heavy atom. The van der Waals surface area contributed by atoms with Crippen molar-refractivity contribution in [3.8, 4) is 0 Å². The fourth-order valence-electron chi connectivity index (χ4n) is 3.55. The molecule has 4 atom stereocenters. The largest absolute Gasteiger partial charge is 0.368 e. The normalized spacial score (nSPS) is 15.1. The van der Waals surface area contributed by atoms with Gasteiger partial charge in [0.25, 0.3) is 0 Å². The molecule has 9 heteroatoms. The maximum atomic E-state index is 13.4. The fraction of sp³-hybridized carbons (Fsp3) is 0.826. The highest BCUT2D eigenvalue weighted by Gasteiger charge is 2.33. The van der Waals surface area contributed by atoms with Gasteiger partial charge in [-0.1, -0.05) is 34.6 Å². The Bertz CT molecular complexity index is 624. The number of likely N-dealkylation sites (N-methyl/N-ethyl adjacent to an activating group) is 1. The van der Waals surface area contributed by atoms with Crippen molar-refractivity contribution in [3.05, 3.63) is 0 Å². The second kappa shape index (κ2) is 14.8. The molecule has 9 nitrogen and oxygen atoms in total. The van der Waals surface area contributed by atoms with E-state index in [1.807, 2.05) is 34.6 Å². The molecular weight excluding hydrogens is 410 g/mol. The van der Waals surface area contributed by atoms with Crippen LogP contribution in [0.5, 0.6) is 0 Å². The number of rotatable bonds is 15. The summed E-state index contributed by atoms with van der Waals surface area (Å²) in [7, 11) is 1.56. The summed E-state index contributed by atoms with van der Waals surface area (Å²) in [5.74, 6) is -1.35. The van der Waals surface area contributed by atoms with Crippen molar-refractivity contribution < 1.29 is 19.2 Å². The minimum absolute atomic E-state index is 0.126. The van der Waals surface area contributed by atoms with Gasteiger partial charge in [0.1, 0.15) is 18.1 Å². The number of nitrogens with zero attached hydrogens (tertiary/aromatic N) is 1. The van der Waals surface area contributed by atoms with Crippen LogP contribution >= 0.6 is 0 Å². The second-order valence-electron chi connectivity index (χ2n) is 9.60. The van der Waals surface area contributed by atoms with Crippen molar-refractivity contribution in [2.75, 3.05) is 13.6 Å². The minimum atomic E-state index is -0.849.